The maximum Gasteiger partial charge on any atom is 0.420 e. The van der Waals surface area contributed by atoms with Crippen molar-refractivity contribution in [1.82, 2.24) is 20.0 Å². The predicted octanol–water partition coefficient (Wildman–Crippen LogP) is 1.88. The Hall–Kier alpha value is -4.08. The number of nitrogens with zero attached hydrogens (tertiary/aromatic N) is 3. The van der Waals surface area contributed by atoms with Crippen LogP contribution in [-0.4, -0.2) is 27.7 Å². The summed E-state index contributed by atoms with van der Waals surface area (Å²) in [5.74, 6) is 0.937. The van der Waals surface area contributed by atoms with Crippen molar-refractivity contribution in [3.8, 4) is 11.5 Å². The fourth-order valence-corrected chi connectivity index (χ4v) is 2.78. The Bertz CT molecular complexity index is 1210. The summed E-state index contributed by atoms with van der Waals surface area (Å²) in [5, 5.41) is 6.45. The first-order valence-corrected chi connectivity index (χ1v) is 9.06. The molecule has 0 saturated carbocycles. The molecule has 1 amide bonds. The summed E-state index contributed by atoms with van der Waals surface area (Å²) in [6, 6.07) is 14.0. The van der Waals surface area contributed by atoms with Crippen molar-refractivity contribution in [2.45, 2.75) is 19.7 Å². The standard InChI is InChI=1S/C20H18N4O6/c1-27-13-6-8-14(9-7-13)28-12-17-22-19(30-23-17)10-21-18(25)11-24-15-4-2-3-5-16(15)29-20(24)26/h2-9H,10-12H2,1H3,(H,21,25). The Morgan fingerprint density at radius 1 is 1.13 bits per heavy atom. The Morgan fingerprint density at radius 3 is 2.70 bits per heavy atom. The van der Waals surface area contributed by atoms with E-state index in [2.05, 4.69) is 15.5 Å². The number of carbonyl (C=O) groups excluding carboxylic acids is 1. The SMILES string of the molecule is COc1ccc(OCc2noc(CNC(=O)Cn3c(=O)oc4ccccc43)n2)cc1. The molecule has 0 aliphatic carbocycles. The van der Waals surface area contributed by atoms with Crippen molar-refractivity contribution in [3.05, 3.63) is 70.8 Å². The molecule has 0 aliphatic rings. The first kappa shape index (κ1) is 19.2. The molecule has 0 saturated heterocycles. The highest BCUT2D eigenvalue weighted by Gasteiger charge is 2.13. The maximum atomic E-state index is 12.2. The van der Waals surface area contributed by atoms with Crippen molar-refractivity contribution in [3.63, 3.8) is 0 Å². The number of carbonyl (C=O) groups is 1. The molecule has 2 aromatic carbocycles. The first-order chi connectivity index (χ1) is 14.6. The minimum atomic E-state index is -0.595. The van der Waals surface area contributed by atoms with Gasteiger partial charge in [-0.2, -0.15) is 4.98 Å². The second kappa shape index (κ2) is 8.52. The van der Waals surface area contributed by atoms with Gasteiger partial charge < -0.3 is 23.7 Å². The van der Waals surface area contributed by atoms with Crippen LogP contribution in [0.2, 0.25) is 0 Å². The number of benzene rings is 2. The molecule has 30 heavy (non-hydrogen) atoms. The maximum absolute atomic E-state index is 12.2. The number of methoxy groups -OCH3 is 1. The summed E-state index contributed by atoms with van der Waals surface area (Å²) < 4.78 is 22.1. The number of hydrogen-bond acceptors (Lipinski definition) is 8. The van der Waals surface area contributed by atoms with Gasteiger partial charge in [0.15, 0.2) is 12.2 Å². The van der Waals surface area contributed by atoms with Gasteiger partial charge in [0.25, 0.3) is 0 Å². The lowest BCUT2D eigenvalue weighted by atomic mass is 10.3. The number of fused-ring (bicyclic) bond motifs is 1. The fraction of sp³-hybridized carbons (Fsp3) is 0.200. The number of aromatic nitrogens is 3. The molecule has 10 nitrogen and oxygen atoms in total. The Labute approximate surface area is 170 Å². The fourth-order valence-electron chi connectivity index (χ4n) is 2.78. The molecule has 0 radical (unpaired) electrons. The lowest BCUT2D eigenvalue weighted by molar-refractivity contribution is -0.122. The van der Waals surface area contributed by atoms with Crippen LogP contribution in [0.5, 0.6) is 11.5 Å². The molecule has 0 unspecified atom stereocenters. The van der Waals surface area contributed by atoms with E-state index in [-0.39, 0.29) is 25.6 Å². The zero-order valence-electron chi connectivity index (χ0n) is 16.0. The highest BCUT2D eigenvalue weighted by molar-refractivity contribution is 5.79. The zero-order valence-corrected chi connectivity index (χ0v) is 16.0. The largest absolute Gasteiger partial charge is 0.497 e. The number of oxazole rings is 1. The molecule has 0 bridgehead atoms. The van der Waals surface area contributed by atoms with E-state index < -0.39 is 11.7 Å². The summed E-state index contributed by atoms with van der Waals surface area (Å²) in [7, 11) is 1.59. The van der Waals surface area contributed by atoms with Crippen LogP contribution in [0.3, 0.4) is 0 Å². The van der Waals surface area contributed by atoms with Gasteiger partial charge in [-0.1, -0.05) is 17.3 Å². The molecule has 10 heteroatoms. The number of rotatable bonds is 8. The van der Waals surface area contributed by atoms with Crippen LogP contribution in [0.4, 0.5) is 0 Å². The third-order valence-corrected chi connectivity index (χ3v) is 4.25. The zero-order chi connectivity index (χ0) is 20.9. The second-order valence-electron chi connectivity index (χ2n) is 6.27. The molecule has 0 spiro atoms. The summed E-state index contributed by atoms with van der Waals surface area (Å²) >= 11 is 0. The van der Waals surface area contributed by atoms with Gasteiger partial charge in [0.05, 0.1) is 19.2 Å². The van der Waals surface area contributed by atoms with Gasteiger partial charge in [-0.3, -0.25) is 9.36 Å². The van der Waals surface area contributed by atoms with Crippen LogP contribution in [0.15, 0.2) is 62.3 Å². The molecule has 0 fully saturated rings. The van der Waals surface area contributed by atoms with E-state index in [4.69, 9.17) is 18.4 Å². The molecule has 2 aromatic heterocycles. The topological polar surface area (TPSA) is 122 Å². The Morgan fingerprint density at radius 2 is 1.90 bits per heavy atom. The molecule has 4 rings (SSSR count). The van der Waals surface area contributed by atoms with Gasteiger partial charge in [-0.05, 0) is 36.4 Å². The van der Waals surface area contributed by atoms with E-state index in [1.165, 1.54) is 4.57 Å². The van der Waals surface area contributed by atoms with Gasteiger partial charge in [0, 0.05) is 0 Å². The minimum absolute atomic E-state index is 0.0267. The van der Waals surface area contributed by atoms with Crippen molar-refractivity contribution in [2.75, 3.05) is 7.11 Å². The third kappa shape index (κ3) is 4.32. The summed E-state index contributed by atoms with van der Waals surface area (Å²) in [5.41, 5.74) is 0.974. The monoisotopic (exact) mass is 410 g/mol. The van der Waals surface area contributed by atoms with E-state index >= 15 is 0 Å². The lowest BCUT2D eigenvalue weighted by Crippen LogP contribution is -2.30. The van der Waals surface area contributed by atoms with Crippen LogP contribution < -0.4 is 20.5 Å². The summed E-state index contributed by atoms with van der Waals surface area (Å²) in [6.45, 7) is -0.0451. The van der Waals surface area contributed by atoms with Crippen molar-refractivity contribution >= 4 is 17.0 Å². The number of para-hydroxylation sites is 2. The van der Waals surface area contributed by atoms with E-state index in [1.54, 1.807) is 55.6 Å². The summed E-state index contributed by atoms with van der Waals surface area (Å²) in [6.07, 6.45) is 0. The van der Waals surface area contributed by atoms with E-state index in [0.29, 0.717) is 22.7 Å². The smallest absolute Gasteiger partial charge is 0.420 e. The van der Waals surface area contributed by atoms with Crippen LogP contribution in [-0.2, 0) is 24.5 Å². The van der Waals surface area contributed by atoms with Crippen LogP contribution >= 0.6 is 0 Å². The van der Waals surface area contributed by atoms with Crippen molar-refractivity contribution in [1.29, 1.82) is 0 Å². The molecular weight excluding hydrogens is 392 g/mol. The van der Waals surface area contributed by atoms with Gasteiger partial charge >= 0.3 is 5.76 Å². The van der Waals surface area contributed by atoms with Crippen LogP contribution in [0.1, 0.15) is 11.7 Å². The van der Waals surface area contributed by atoms with E-state index in [1.807, 2.05) is 0 Å². The highest BCUT2D eigenvalue weighted by atomic mass is 16.5. The van der Waals surface area contributed by atoms with E-state index in [0.717, 1.165) is 5.75 Å². The second-order valence-corrected chi connectivity index (χ2v) is 6.27. The van der Waals surface area contributed by atoms with E-state index in [9.17, 15) is 9.59 Å². The number of nitrogens with one attached hydrogen (secondary N) is 1. The van der Waals surface area contributed by atoms with Gasteiger partial charge in [-0.25, -0.2) is 4.79 Å². The molecule has 4 aromatic rings. The lowest BCUT2D eigenvalue weighted by Gasteiger charge is -2.04. The van der Waals surface area contributed by atoms with Gasteiger partial charge in [0.2, 0.25) is 17.6 Å². The number of amides is 1. The van der Waals surface area contributed by atoms with Crippen LogP contribution in [0, 0.1) is 0 Å². The molecule has 0 aliphatic heterocycles. The van der Waals surface area contributed by atoms with Crippen LogP contribution in [0.25, 0.3) is 11.1 Å². The van der Waals surface area contributed by atoms with Gasteiger partial charge in [0.1, 0.15) is 18.0 Å². The molecular formula is C20H18N4O6. The molecule has 1 N–H and O–H groups in total. The first-order valence-electron chi connectivity index (χ1n) is 9.06. The molecule has 154 valence electrons. The highest BCUT2D eigenvalue weighted by Crippen LogP contribution is 2.17. The molecule has 2 heterocycles. The predicted molar refractivity (Wildman–Crippen MR) is 104 cm³/mol. The average Bonchev–Trinajstić information content (AvgIpc) is 3.35. The average molecular weight is 410 g/mol. The quantitative estimate of drug-likeness (QED) is 0.467. The Balaban J connectivity index is 1.30. The normalized spacial score (nSPS) is 10.8. The number of ether oxygens (including phenoxy) is 2. The third-order valence-electron chi connectivity index (χ3n) is 4.25. The van der Waals surface area contributed by atoms with Crippen molar-refractivity contribution in [2.24, 2.45) is 0 Å². The van der Waals surface area contributed by atoms with Crippen molar-refractivity contribution < 1.29 is 23.2 Å². The summed E-state index contributed by atoms with van der Waals surface area (Å²) in [4.78, 5) is 28.3. The van der Waals surface area contributed by atoms with Gasteiger partial charge in [-0.15, -0.1) is 0 Å². The Kier molecular flexibility index (Phi) is 5.46. The number of hydrogen-bond donors (Lipinski definition) is 1. The molecule has 0 atom stereocenters. The minimum Gasteiger partial charge on any atom is -0.497 e.